The molecule has 0 bridgehead atoms. The molecule has 15 heavy (non-hydrogen) atoms. The average Bonchev–Trinajstić information content (AvgIpc) is 2.08. The molecule has 0 fully saturated rings. The number of urea groups is 1. The van der Waals surface area contributed by atoms with Gasteiger partial charge in [-0.2, -0.15) is 9.72 Å². The number of carbonyl (C=O) groups is 1. The summed E-state index contributed by atoms with van der Waals surface area (Å²) in [5.74, 6) is 0. The molecule has 0 unspecified atom stereocenters. The lowest BCUT2D eigenvalue weighted by Gasteiger charge is -2.04. The highest BCUT2D eigenvalue weighted by atomic mass is 79.9. The first-order chi connectivity index (χ1) is 6.99. The fourth-order valence-corrected chi connectivity index (χ4v) is 1.25. The molecule has 0 saturated heterocycles. The number of hydrogen-bond acceptors (Lipinski definition) is 2. The Hall–Kier alpha value is -1.30. The SMILES string of the molecule is CC(C)NC(=O)/N=c1/ccc(Br)cn1O. The number of pyridine rings is 1. The van der Waals surface area contributed by atoms with E-state index in [1.54, 1.807) is 6.07 Å². The second kappa shape index (κ2) is 4.97. The van der Waals surface area contributed by atoms with E-state index in [0.29, 0.717) is 4.47 Å². The lowest BCUT2D eigenvalue weighted by atomic mass is 10.4. The Balaban J connectivity index is 2.95. The van der Waals surface area contributed by atoms with E-state index in [-0.39, 0.29) is 11.5 Å². The van der Waals surface area contributed by atoms with Gasteiger partial charge in [0, 0.05) is 10.5 Å². The van der Waals surface area contributed by atoms with Crippen LogP contribution in [-0.2, 0) is 0 Å². The maximum Gasteiger partial charge on any atom is 0.343 e. The quantitative estimate of drug-likeness (QED) is 0.762. The van der Waals surface area contributed by atoms with Gasteiger partial charge in [0.2, 0.25) is 0 Å². The predicted octanol–water partition coefficient (Wildman–Crippen LogP) is 1.51. The van der Waals surface area contributed by atoms with Crippen LogP contribution in [-0.4, -0.2) is 22.0 Å². The summed E-state index contributed by atoms with van der Waals surface area (Å²) in [5.41, 5.74) is 0.177. The fourth-order valence-electron chi connectivity index (χ4n) is 0.928. The third-order valence-corrected chi connectivity index (χ3v) is 1.97. The second-order valence-electron chi connectivity index (χ2n) is 3.27. The molecule has 1 heterocycles. The van der Waals surface area contributed by atoms with Gasteiger partial charge in [0.15, 0.2) is 5.49 Å². The highest BCUT2D eigenvalue weighted by Crippen LogP contribution is 2.03. The molecule has 82 valence electrons. The standard InChI is InChI=1S/C9H12BrN3O2/c1-6(2)11-9(14)12-8-4-3-7(10)5-13(8)15/h3-6,15H,1-2H3,(H,11,14)/b12-8-. The van der Waals surface area contributed by atoms with Gasteiger partial charge in [-0.05, 0) is 41.9 Å². The Kier molecular flexibility index (Phi) is 3.90. The molecule has 1 aromatic rings. The van der Waals surface area contributed by atoms with Gasteiger partial charge in [-0.15, -0.1) is 0 Å². The minimum absolute atomic E-state index is 0.0174. The molecule has 1 aromatic heterocycles. The summed E-state index contributed by atoms with van der Waals surface area (Å²) >= 11 is 3.18. The maximum atomic E-state index is 11.2. The normalized spacial score (nSPS) is 11.9. The van der Waals surface area contributed by atoms with E-state index in [1.807, 2.05) is 13.8 Å². The number of nitrogens with one attached hydrogen (secondary N) is 1. The number of aromatic nitrogens is 1. The highest BCUT2D eigenvalue weighted by molar-refractivity contribution is 9.10. The van der Waals surface area contributed by atoms with E-state index >= 15 is 0 Å². The van der Waals surface area contributed by atoms with Crippen LogP contribution in [0.2, 0.25) is 0 Å². The van der Waals surface area contributed by atoms with Crippen molar-refractivity contribution in [1.29, 1.82) is 0 Å². The second-order valence-corrected chi connectivity index (χ2v) is 4.18. The van der Waals surface area contributed by atoms with Gasteiger partial charge >= 0.3 is 6.03 Å². The first-order valence-electron chi connectivity index (χ1n) is 4.41. The molecule has 0 aromatic carbocycles. The van der Waals surface area contributed by atoms with Crippen molar-refractivity contribution >= 4 is 22.0 Å². The zero-order valence-corrected chi connectivity index (χ0v) is 10.0. The van der Waals surface area contributed by atoms with Gasteiger partial charge in [-0.1, -0.05) is 0 Å². The first-order valence-corrected chi connectivity index (χ1v) is 5.21. The van der Waals surface area contributed by atoms with Gasteiger partial charge in [-0.25, -0.2) is 4.79 Å². The van der Waals surface area contributed by atoms with E-state index in [9.17, 15) is 10.0 Å². The van der Waals surface area contributed by atoms with Crippen LogP contribution >= 0.6 is 15.9 Å². The van der Waals surface area contributed by atoms with Crippen LogP contribution in [0, 0.1) is 0 Å². The zero-order chi connectivity index (χ0) is 11.4. The molecule has 1 rings (SSSR count). The van der Waals surface area contributed by atoms with Crippen molar-refractivity contribution in [3.8, 4) is 0 Å². The van der Waals surface area contributed by atoms with Crippen LogP contribution < -0.4 is 10.8 Å². The molecule has 6 heteroatoms. The van der Waals surface area contributed by atoms with E-state index in [2.05, 4.69) is 26.2 Å². The van der Waals surface area contributed by atoms with E-state index in [4.69, 9.17) is 0 Å². The molecule has 0 saturated carbocycles. The Morgan fingerprint density at radius 2 is 2.27 bits per heavy atom. The van der Waals surface area contributed by atoms with Crippen LogP contribution in [0.25, 0.3) is 0 Å². The van der Waals surface area contributed by atoms with Crippen molar-refractivity contribution in [3.05, 3.63) is 28.3 Å². The van der Waals surface area contributed by atoms with Crippen molar-refractivity contribution in [2.75, 3.05) is 0 Å². The van der Waals surface area contributed by atoms with Gasteiger partial charge in [0.05, 0.1) is 6.20 Å². The summed E-state index contributed by atoms with van der Waals surface area (Å²) in [4.78, 5) is 14.9. The van der Waals surface area contributed by atoms with Gasteiger partial charge < -0.3 is 10.5 Å². The van der Waals surface area contributed by atoms with Crippen LogP contribution in [0.3, 0.4) is 0 Å². The summed E-state index contributed by atoms with van der Waals surface area (Å²) in [7, 11) is 0. The van der Waals surface area contributed by atoms with Crippen molar-refractivity contribution < 1.29 is 10.0 Å². The Labute approximate surface area is 95.5 Å². The van der Waals surface area contributed by atoms with Crippen molar-refractivity contribution in [2.24, 2.45) is 4.99 Å². The molecule has 0 spiro atoms. The van der Waals surface area contributed by atoms with Gasteiger partial charge in [-0.3, -0.25) is 0 Å². The lowest BCUT2D eigenvalue weighted by Crippen LogP contribution is -2.30. The topological polar surface area (TPSA) is 66.6 Å². The molecule has 0 aliphatic rings. The Bertz CT molecular complexity index is 426. The molecule has 0 radical (unpaired) electrons. The summed E-state index contributed by atoms with van der Waals surface area (Å²) in [6.45, 7) is 3.67. The number of carbonyl (C=O) groups excluding carboxylic acids is 1. The largest absolute Gasteiger partial charge is 0.427 e. The molecule has 2 N–H and O–H groups in total. The fraction of sp³-hybridized carbons (Fsp3) is 0.333. The number of nitrogens with zero attached hydrogens (tertiary/aromatic N) is 2. The van der Waals surface area contributed by atoms with Crippen LogP contribution in [0.15, 0.2) is 27.8 Å². The average molecular weight is 274 g/mol. The zero-order valence-electron chi connectivity index (χ0n) is 8.44. The van der Waals surface area contributed by atoms with Gasteiger partial charge in [0.1, 0.15) is 0 Å². The van der Waals surface area contributed by atoms with E-state index in [1.165, 1.54) is 12.3 Å². The summed E-state index contributed by atoms with van der Waals surface area (Å²) in [5, 5.41) is 12.0. The van der Waals surface area contributed by atoms with Crippen LogP contribution in [0.1, 0.15) is 13.8 Å². The Morgan fingerprint density at radius 3 is 2.80 bits per heavy atom. The monoisotopic (exact) mass is 273 g/mol. The number of hydrogen-bond donors (Lipinski definition) is 2. The van der Waals surface area contributed by atoms with Crippen molar-refractivity contribution in [2.45, 2.75) is 19.9 Å². The number of rotatable bonds is 1. The molecule has 0 aliphatic heterocycles. The number of halogens is 1. The van der Waals surface area contributed by atoms with Crippen molar-refractivity contribution in [3.63, 3.8) is 0 Å². The Morgan fingerprint density at radius 1 is 1.60 bits per heavy atom. The summed E-state index contributed by atoms with van der Waals surface area (Å²) in [6.07, 6.45) is 1.40. The van der Waals surface area contributed by atoms with Gasteiger partial charge in [0.25, 0.3) is 0 Å². The van der Waals surface area contributed by atoms with Crippen molar-refractivity contribution in [1.82, 2.24) is 10.0 Å². The molecular weight excluding hydrogens is 262 g/mol. The number of amides is 2. The molecule has 5 nitrogen and oxygen atoms in total. The maximum absolute atomic E-state index is 11.2. The predicted molar refractivity (Wildman–Crippen MR) is 58.5 cm³/mol. The van der Waals surface area contributed by atoms with E-state index in [0.717, 1.165) is 4.73 Å². The van der Waals surface area contributed by atoms with Crippen LogP contribution in [0.5, 0.6) is 0 Å². The first kappa shape index (κ1) is 11.8. The third-order valence-electron chi connectivity index (χ3n) is 1.50. The minimum atomic E-state index is -0.477. The third kappa shape index (κ3) is 3.75. The lowest BCUT2D eigenvalue weighted by molar-refractivity contribution is 0.170. The minimum Gasteiger partial charge on any atom is -0.427 e. The summed E-state index contributed by atoms with van der Waals surface area (Å²) in [6, 6.07) is 2.76. The van der Waals surface area contributed by atoms with Crippen LogP contribution in [0.4, 0.5) is 4.79 Å². The molecular formula is C9H12BrN3O2. The van der Waals surface area contributed by atoms with E-state index < -0.39 is 6.03 Å². The summed E-state index contributed by atoms with van der Waals surface area (Å²) < 4.78 is 1.48. The smallest absolute Gasteiger partial charge is 0.343 e. The molecule has 0 aliphatic carbocycles. The molecule has 0 atom stereocenters. The highest BCUT2D eigenvalue weighted by Gasteiger charge is 2.00. The molecule has 2 amide bonds.